The van der Waals surface area contributed by atoms with Crippen LogP contribution in [0.1, 0.15) is 28.7 Å². The molecule has 0 bridgehead atoms. The predicted octanol–water partition coefficient (Wildman–Crippen LogP) is 1.46. The molecule has 0 aliphatic heterocycles. The number of hydrogen-bond donors (Lipinski definition) is 2. The van der Waals surface area contributed by atoms with Crippen molar-refractivity contribution in [2.45, 2.75) is 17.8 Å². The van der Waals surface area contributed by atoms with Crippen molar-refractivity contribution >= 4 is 40.8 Å². The number of aromatic nitrogens is 8. The highest BCUT2D eigenvalue weighted by molar-refractivity contribution is 7.98. The summed E-state index contributed by atoms with van der Waals surface area (Å²) >= 11 is 7.23. The lowest BCUT2D eigenvalue weighted by molar-refractivity contribution is 0.0949. The quantitative estimate of drug-likeness (QED) is 0.227. The third-order valence-electron chi connectivity index (χ3n) is 4.27. The number of anilines is 1. The van der Waals surface area contributed by atoms with E-state index in [0.717, 1.165) is 5.56 Å². The number of nitrogens with two attached hydrogens (primary N) is 1. The standard InChI is InChI=1S/C17H16ClN11O2S/c1-9(10-3-5-11(18)6-4-10)21-23-16(30)13-12(7-32-17-24-20-8-28(17)2)29(27-22-13)15-14(19)25-31-26-15/h3-6,8H,7H2,1-2H3,(H2,19,25)(H,23,30). The minimum absolute atomic E-state index is 0.00312. The van der Waals surface area contributed by atoms with E-state index >= 15 is 0 Å². The molecule has 4 aromatic rings. The Balaban J connectivity index is 1.60. The van der Waals surface area contributed by atoms with Gasteiger partial charge in [0.15, 0.2) is 10.9 Å². The second-order valence-corrected chi connectivity index (χ2v) is 7.81. The van der Waals surface area contributed by atoms with Gasteiger partial charge in [0, 0.05) is 17.8 Å². The van der Waals surface area contributed by atoms with Gasteiger partial charge in [-0.2, -0.15) is 9.78 Å². The van der Waals surface area contributed by atoms with E-state index in [1.165, 1.54) is 16.4 Å². The molecule has 0 spiro atoms. The van der Waals surface area contributed by atoms with Crippen LogP contribution in [0.4, 0.5) is 5.82 Å². The van der Waals surface area contributed by atoms with Gasteiger partial charge in [-0.3, -0.25) is 4.79 Å². The van der Waals surface area contributed by atoms with E-state index in [0.29, 0.717) is 21.6 Å². The van der Waals surface area contributed by atoms with E-state index in [1.807, 2.05) is 0 Å². The van der Waals surface area contributed by atoms with E-state index in [-0.39, 0.29) is 23.1 Å². The predicted molar refractivity (Wildman–Crippen MR) is 115 cm³/mol. The van der Waals surface area contributed by atoms with Crippen LogP contribution in [0.25, 0.3) is 5.82 Å². The highest BCUT2D eigenvalue weighted by atomic mass is 35.5. The zero-order valence-corrected chi connectivity index (χ0v) is 18.4. The zero-order chi connectivity index (χ0) is 22.7. The molecule has 3 aromatic heterocycles. The average molecular weight is 474 g/mol. The summed E-state index contributed by atoms with van der Waals surface area (Å²) in [6.45, 7) is 1.76. The fourth-order valence-corrected chi connectivity index (χ4v) is 3.60. The third kappa shape index (κ3) is 4.45. The van der Waals surface area contributed by atoms with E-state index in [2.05, 4.69) is 46.0 Å². The second-order valence-electron chi connectivity index (χ2n) is 6.43. The van der Waals surface area contributed by atoms with Crippen molar-refractivity contribution in [3.63, 3.8) is 0 Å². The van der Waals surface area contributed by atoms with Crippen LogP contribution < -0.4 is 11.2 Å². The summed E-state index contributed by atoms with van der Waals surface area (Å²) in [6.07, 6.45) is 1.57. The van der Waals surface area contributed by atoms with Crippen molar-refractivity contribution in [1.82, 2.24) is 45.5 Å². The largest absolute Gasteiger partial charge is 0.378 e. The normalized spacial score (nSPS) is 11.7. The van der Waals surface area contributed by atoms with Crippen LogP contribution in [0.3, 0.4) is 0 Å². The Hall–Kier alpha value is -3.78. The van der Waals surface area contributed by atoms with Gasteiger partial charge >= 0.3 is 0 Å². The lowest BCUT2D eigenvalue weighted by Crippen LogP contribution is -2.21. The molecule has 0 radical (unpaired) electrons. The number of carbonyl (C=O) groups excluding carboxylic acids is 1. The number of benzene rings is 1. The number of nitrogens with zero attached hydrogens (tertiary/aromatic N) is 9. The second kappa shape index (κ2) is 9.15. The molecule has 15 heteroatoms. The molecule has 1 aromatic carbocycles. The van der Waals surface area contributed by atoms with E-state index in [9.17, 15) is 4.79 Å². The van der Waals surface area contributed by atoms with Crippen LogP contribution in [0.15, 0.2) is 45.5 Å². The minimum Gasteiger partial charge on any atom is -0.378 e. The molecule has 0 saturated carbocycles. The minimum atomic E-state index is -0.562. The lowest BCUT2D eigenvalue weighted by Gasteiger charge is -2.06. The Kier molecular flexibility index (Phi) is 6.13. The Morgan fingerprint density at radius 1 is 1.28 bits per heavy atom. The van der Waals surface area contributed by atoms with Crippen molar-refractivity contribution < 1.29 is 9.42 Å². The summed E-state index contributed by atoms with van der Waals surface area (Å²) in [5.41, 5.74) is 10.1. The van der Waals surface area contributed by atoms with Crippen molar-refractivity contribution in [2.24, 2.45) is 12.1 Å². The summed E-state index contributed by atoms with van der Waals surface area (Å²) < 4.78 is 7.68. The summed E-state index contributed by atoms with van der Waals surface area (Å²) in [5, 5.41) is 28.5. The van der Waals surface area contributed by atoms with Gasteiger partial charge in [0.05, 0.1) is 11.4 Å². The first-order valence-electron chi connectivity index (χ1n) is 9.04. The number of amides is 1. The van der Waals surface area contributed by atoms with Gasteiger partial charge in [0.1, 0.15) is 6.33 Å². The molecule has 0 aliphatic rings. The number of thioether (sulfide) groups is 1. The van der Waals surface area contributed by atoms with Gasteiger partial charge in [-0.1, -0.05) is 40.7 Å². The van der Waals surface area contributed by atoms with Gasteiger partial charge in [0.2, 0.25) is 11.6 Å². The average Bonchev–Trinajstić information content (AvgIpc) is 3.50. The van der Waals surface area contributed by atoms with Crippen molar-refractivity contribution in [3.05, 3.63) is 52.6 Å². The van der Waals surface area contributed by atoms with Crippen LogP contribution >= 0.6 is 23.4 Å². The van der Waals surface area contributed by atoms with Crippen LogP contribution in [0.2, 0.25) is 5.02 Å². The Bertz CT molecular complexity index is 1280. The zero-order valence-electron chi connectivity index (χ0n) is 16.8. The first-order valence-corrected chi connectivity index (χ1v) is 10.4. The first kappa shape index (κ1) is 21.5. The van der Waals surface area contributed by atoms with Crippen molar-refractivity contribution in [2.75, 3.05) is 5.73 Å². The van der Waals surface area contributed by atoms with Gasteiger partial charge in [-0.15, -0.1) is 15.3 Å². The maximum atomic E-state index is 12.9. The molecule has 3 heterocycles. The summed E-state index contributed by atoms with van der Waals surface area (Å²) in [6, 6.07) is 7.07. The number of hydrogen-bond acceptors (Lipinski definition) is 11. The van der Waals surface area contributed by atoms with Gasteiger partial charge < -0.3 is 10.3 Å². The van der Waals surface area contributed by atoms with Crippen molar-refractivity contribution in [1.29, 1.82) is 0 Å². The Morgan fingerprint density at radius 3 is 2.72 bits per heavy atom. The number of aryl methyl sites for hydroxylation is 1. The van der Waals surface area contributed by atoms with Crippen LogP contribution in [-0.2, 0) is 12.8 Å². The number of nitrogen functional groups attached to an aromatic ring is 1. The molecule has 4 rings (SSSR count). The van der Waals surface area contributed by atoms with Crippen molar-refractivity contribution in [3.8, 4) is 5.82 Å². The topological polar surface area (TPSA) is 168 Å². The Morgan fingerprint density at radius 2 is 2.06 bits per heavy atom. The number of carbonyl (C=O) groups is 1. The van der Waals surface area contributed by atoms with E-state index in [4.69, 9.17) is 17.3 Å². The molecule has 1 amide bonds. The smallest absolute Gasteiger partial charge is 0.293 e. The molecule has 0 atom stereocenters. The number of halogens is 1. The molecule has 13 nitrogen and oxygen atoms in total. The molecule has 0 aliphatic carbocycles. The highest BCUT2D eigenvalue weighted by Crippen LogP contribution is 2.24. The van der Waals surface area contributed by atoms with E-state index in [1.54, 1.807) is 49.1 Å². The fraction of sp³-hybridized carbons (Fsp3) is 0.176. The molecule has 3 N–H and O–H groups in total. The molecule has 32 heavy (non-hydrogen) atoms. The SMILES string of the molecule is CC(=NNC(=O)c1nnn(-c2nonc2N)c1CSc1nncn1C)c1ccc(Cl)cc1. The molecule has 0 fully saturated rings. The maximum Gasteiger partial charge on any atom is 0.293 e. The summed E-state index contributed by atoms with van der Waals surface area (Å²) in [4.78, 5) is 12.9. The number of nitrogens with one attached hydrogen (secondary N) is 1. The molecular weight excluding hydrogens is 458 g/mol. The molecular formula is C17H16ClN11O2S. The summed E-state index contributed by atoms with van der Waals surface area (Å²) in [7, 11) is 1.80. The molecule has 0 unspecified atom stereocenters. The van der Waals surface area contributed by atoms with E-state index < -0.39 is 5.91 Å². The first-order chi connectivity index (χ1) is 15.4. The Labute approximate surface area is 190 Å². The van der Waals surface area contributed by atoms with Crippen LogP contribution in [0, 0.1) is 0 Å². The summed E-state index contributed by atoms with van der Waals surface area (Å²) in [5.74, 6) is -0.184. The monoisotopic (exact) mass is 473 g/mol. The van der Waals surface area contributed by atoms with Gasteiger partial charge in [-0.05, 0) is 34.9 Å². The maximum absolute atomic E-state index is 12.9. The van der Waals surface area contributed by atoms with Crippen LogP contribution in [-0.4, -0.2) is 51.7 Å². The van der Waals surface area contributed by atoms with Crippen LogP contribution in [0.5, 0.6) is 0 Å². The van der Waals surface area contributed by atoms with Gasteiger partial charge in [0.25, 0.3) is 5.91 Å². The highest BCUT2D eigenvalue weighted by Gasteiger charge is 2.24. The molecule has 164 valence electrons. The number of rotatable bonds is 7. The number of hydrazone groups is 1. The third-order valence-corrected chi connectivity index (χ3v) is 5.57. The fourth-order valence-electron chi connectivity index (χ4n) is 2.59. The molecule has 0 saturated heterocycles. The van der Waals surface area contributed by atoms with Gasteiger partial charge in [-0.25, -0.2) is 10.1 Å². The lowest BCUT2D eigenvalue weighted by atomic mass is 10.1.